The van der Waals surface area contributed by atoms with Gasteiger partial charge in [0.2, 0.25) is 0 Å². The molecule has 2 nitrogen and oxygen atoms in total. The topological polar surface area (TPSA) is 40.5 Å². The van der Waals surface area contributed by atoms with Crippen LogP contribution in [0.25, 0.3) is 0 Å². The van der Waals surface area contributed by atoms with Crippen LogP contribution in [0.5, 0.6) is 5.75 Å². The van der Waals surface area contributed by atoms with Crippen LogP contribution in [0.3, 0.4) is 0 Å². The third-order valence-electron chi connectivity index (χ3n) is 6.63. The second-order valence-corrected chi connectivity index (χ2v) is 8.27. The number of benzene rings is 2. The van der Waals surface area contributed by atoms with Gasteiger partial charge in [-0.3, -0.25) is 0 Å². The Labute approximate surface area is 177 Å². The minimum atomic E-state index is -0.914. The Balaban J connectivity index is 2.56. The van der Waals surface area contributed by atoms with Crippen LogP contribution in [-0.4, -0.2) is 15.8 Å². The molecule has 0 aliphatic rings. The summed E-state index contributed by atoms with van der Waals surface area (Å²) in [4.78, 5) is 0. The maximum atomic E-state index is 10.5. The molecule has 0 aliphatic heterocycles. The van der Waals surface area contributed by atoms with Crippen molar-refractivity contribution in [1.29, 1.82) is 0 Å². The number of rotatable bonds is 6. The number of hydrogen-bond acceptors (Lipinski definition) is 2. The van der Waals surface area contributed by atoms with E-state index in [1.165, 1.54) is 11.1 Å². The van der Waals surface area contributed by atoms with Gasteiger partial charge in [-0.25, -0.2) is 0 Å². The molecule has 0 aliphatic carbocycles. The Bertz CT molecular complexity index is 896. The predicted octanol–water partition coefficient (Wildman–Crippen LogP) is 6.33. The highest BCUT2D eigenvalue weighted by molar-refractivity contribution is 5.51. The van der Waals surface area contributed by atoms with Crippen molar-refractivity contribution in [3.8, 4) is 17.6 Å². The zero-order valence-electron chi connectivity index (χ0n) is 19.1. The third-order valence-corrected chi connectivity index (χ3v) is 6.63. The smallest absolute Gasteiger partial charge is 0.125 e. The summed E-state index contributed by atoms with van der Waals surface area (Å²) in [5.41, 5.74) is 5.44. The Kier molecular flexibility index (Phi) is 7.20. The van der Waals surface area contributed by atoms with Gasteiger partial charge in [-0.2, -0.15) is 0 Å². The van der Waals surface area contributed by atoms with Gasteiger partial charge in [-0.05, 0) is 80.3 Å². The molecule has 0 unspecified atom stereocenters. The molecule has 0 spiro atoms. The van der Waals surface area contributed by atoms with Gasteiger partial charge in [0.1, 0.15) is 11.4 Å². The summed E-state index contributed by atoms with van der Waals surface area (Å²) >= 11 is 0. The number of hydrogen-bond donors (Lipinski definition) is 2. The first-order chi connectivity index (χ1) is 13.7. The quantitative estimate of drug-likeness (QED) is 0.564. The standard InChI is InChI=1S/C27H36O2/c1-8-26(29,9-2)15-14-22-12-13-23(16-19(22)5)27(10-3,11-4)24-17-20(6)25(28)21(7)18-24/h12-13,16-18,28-29H,8-11H2,1-7H3. The van der Waals surface area contributed by atoms with Crippen LogP contribution in [0.1, 0.15) is 86.8 Å². The predicted molar refractivity (Wildman–Crippen MR) is 123 cm³/mol. The highest BCUT2D eigenvalue weighted by Gasteiger charge is 2.31. The second kappa shape index (κ2) is 9.06. The van der Waals surface area contributed by atoms with E-state index in [9.17, 15) is 10.2 Å². The van der Waals surface area contributed by atoms with Crippen LogP contribution in [0.4, 0.5) is 0 Å². The highest BCUT2D eigenvalue weighted by atomic mass is 16.3. The number of phenolic OH excluding ortho intramolecular Hbond substituents is 1. The lowest BCUT2D eigenvalue weighted by atomic mass is 9.69. The zero-order valence-corrected chi connectivity index (χ0v) is 19.1. The first kappa shape index (κ1) is 23.0. The van der Waals surface area contributed by atoms with Crippen molar-refractivity contribution >= 4 is 0 Å². The van der Waals surface area contributed by atoms with Crippen molar-refractivity contribution in [3.63, 3.8) is 0 Å². The van der Waals surface area contributed by atoms with Gasteiger partial charge in [0, 0.05) is 11.0 Å². The van der Waals surface area contributed by atoms with Gasteiger partial charge < -0.3 is 10.2 Å². The van der Waals surface area contributed by atoms with E-state index in [2.05, 4.69) is 62.9 Å². The molecule has 0 aromatic heterocycles. The van der Waals surface area contributed by atoms with Gasteiger partial charge in [-0.1, -0.05) is 63.8 Å². The van der Waals surface area contributed by atoms with E-state index in [4.69, 9.17) is 0 Å². The number of phenols is 1. The van der Waals surface area contributed by atoms with E-state index in [-0.39, 0.29) is 5.41 Å². The van der Waals surface area contributed by atoms with E-state index < -0.39 is 5.60 Å². The minimum Gasteiger partial charge on any atom is -0.507 e. The lowest BCUT2D eigenvalue weighted by Gasteiger charge is -2.34. The molecular formula is C27H36O2. The SMILES string of the molecule is CCC(O)(C#Cc1ccc(C(CC)(CC)c2cc(C)c(O)c(C)c2)cc1C)CC. The summed E-state index contributed by atoms with van der Waals surface area (Å²) in [6.07, 6.45) is 3.20. The Morgan fingerprint density at radius 2 is 1.28 bits per heavy atom. The molecule has 2 aromatic carbocycles. The van der Waals surface area contributed by atoms with Gasteiger partial charge in [0.05, 0.1) is 0 Å². The third kappa shape index (κ3) is 4.51. The van der Waals surface area contributed by atoms with E-state index in [1.807, 2.05) is 27.7 Å². The molecule has 2 N–H and O–H groups in total. The van der Waals surface area contributed by atoms with E-state index in [1.54, 1.807) is 0 Å². The fourth-order valence-corrected chi connectivity index (χ4v) is 4.18. The van der Waals surface area contributed by atoms with E-state index >= 15 is 0 Å². The van der Waals surface area contributed by atoms with Crippen LogP contribution in [0, 0.1) is 32.6 Å². The van der Waals surface area contributed by atoms with Crippen LogP contribution in [0.15, 0.2) is 30.3 Å². The fraction of sp³-hybridized carbons (Fsp3) is 0.481. The lowest BCUT2D eigenvalue weighted by molar-refractivity contribution is 0.0931. The molecule has 0 saturated heterocycles. The van der Waals surface area contributed by atoms with Crippen molar-refractivity contribution in [1.82, 2.24) is 0 Å². The van der Waals surface area contributed by atoms with Crippen molar-refractivity contribution in [2.45, 2.75) is 85.2 Å². The van der Waals surface area contributed by atoms with Gasteiger partial charge in [0.15, 0.2) is 0 Å². The summed E-state index contributed by atoms with van der Waals surface area (Å²) in [5.74, 6) is 6.66. The lowest BCUT2D eigenvalue weighted by Crippen LogP contribution is -2.26. The molecule has 0 fully saturated rings. The van der Waals surface area contributed by atoms with Crippen LogP contribution >= 0.6 is 0 Å². The van der Waals surface area contributed by atoms with Crippen LogP contribution in [-0.2, 0) is 5.41 Å². The van der Waals surface area contributed by atoms with Crippen molar-refractivity contribution < 1.29 is 10.2 Å². The molecule has 2 rings (SSSR count). The first-order valence-corrected chi connectivity index (χ1v) is 10.8. The molecule has 29 heavy (non-hydrogen) atoms. The Hall–Kier alpha value is -2.24. The summed E-state index contributed by atoms with van der Waals surface area (Å²) in [7, 11) is 0. The van der Waals surface area contributed by atoms with Crippen molar-refractivity contribution in [2.24, 2.45) is 0 Å². The normalized spacial score (nSPS) is 11.9. The molecule has 0 saturated carbocycles. The molecule has 156 valence electrons. The van der Waals surface area contributed by atoms with Crippen LogP contribution < -0.4 is 0 Å². The van der Waals surface area contributed by atoms with Gasteiger partial charge in [0.25, 0.3) is 0 Å². The Morgan fingerprint density at radius 3 is 1.72 bits per heavy atom. The number of aromatic hydroxyl groups is 1. The summed E-state index contributed by atoms with van der Waals surface area (Å²) in [5, 5.41) is 20.7. The molecular weight excluding hydrogens is 356 g/mol. The molecule has 0 bridgehead atoms. The average molecular weight is 393 g/mol. The number of aliphatic hydroxyl groups is 1. The summed E-state index contributed by atoms with van der Waals surface area (Å²) in [6, 6.07) is 10.8. The van der Waals surface area contributed by atoms with E-state index in [0.717, 1.165) is 35.1 Å². The van der Waals surface area contributed by atoms with Crippen LogP contribution in [0.2, 0.25) is 0 Å². The molecule has 0 amide bonds. The van der Waals surface area contributed by atoms with E-state index in [0.29, 0.717) is 18.6 Å². The summed E-state index contributed by atoms with van der Waals surface area (Å²) < 4.78 is 0. The molecule has 0 atom stereocenters. The molecule has 0 heterocycles. The average Bonchev–Trinajstić information content (AvgIpc) is 2.72. The number of aryl methyl sites for hydroxylation is 3. The first-order valence-electron chi connectivity index (χ1n) is 10.8. The summed E-state index contributed by atoms with van der Waals surface area (Å²) in [6.45, 7) is 14.4. The zero-order chi connectivity index (χ0) is 21.8. The molecule has 2 aromatic rings. The van der Waals surface area contributed by atoms with Crippen molar-refractivity contribution in [3.05, 3.63) is 63.7 Å². The monoisotopic (exact) mass is 392 g/mol. The second-order valence-electron chi connectivity index (χ2n) is 8.27. The molecule has 2 heteroatoms. The Morgan fingerprint density at radius 1 is 0.759 bits per heavy atom. The fourth-order valence-electron chi connectivity index (χ4n) is 4.18. The maximum absolute atomic E-state index is 10.5. The minimum absolute atomic E-state index is 0.104. The maximum Gasteiger partial charge on any atom is 0.125 e. The highest BCUT2D eigenvalue weighted by Crippen LogP contribution is 2.41. The largest absolute Gasteiger partial charge is 0.507 e. The van der Waals surface area contributed by atoms with Gasteiger partial charge >= 0.3 is 0 Å². The van der Waals surface area contributed by atoms with Crippen molar-refractivity contribution in [2.75, 3.05) is 0 Å². The molecule has 0 radical (unpaired) electrons. The van der Waals surface area contributed by atoms with Gasteiger partial charge in [-0.15, -0.1) is 0 Å².